The second kappa shape index (κ2) is 11.0. The summed E-state index contributed by atoms with van der Waals surface area (Å²) in [6, 6.07) is 7.42. The molecule has 1 aliphatic rings. The van der Waals surface area contributed by atoms with E-state index in [0.717, 1.165) is 12.0 Å². The van der Waals surface area contributed by atoms with Gasteiger partial charge in [-0.05, 0) is 65.0 Å². The number of carbonyl (C=O) groups is 2. The molecular weight excluding hydrogens is 328 g/mol. The van der Waals surface area contributed by atoms with Crippen LogP contribution in [0.25, 0.3) is 0 Å². The molecule has 0 bridgehead atoms. The lowest BCUT2D eigenvalue weighted by atomic mass is 9.80. The van der Waals surface area contributed by atoms with Crippen molar-refractivity contribution in [2.24, 2.45) is 11.8 Å². The van der Waals surface area contributed by atoms with Crippen molar-refractivity contribution >= 4 is 11.9 Å². The van der Waals surface area contributed by atoms with Crippen LogP contribution in [0.4, 0.5) is 0 Å². The van der Waals surface area contributed by atoms with Gasteiger partial charge in [0.25, 0.3) is 0 Å². The molecule has 0 aliphatic heterocycles. The third-order valence-corrected chi connectivity index (χ3v) is 4.47. The lowest BCUT2D eigenvalue weighted by Crippen LogP contribution is -2.28. The zero-order valence-electron chi connectivity index (χ0n) is 17.1. The molecule has 4 nitrogen and oxygen atoms in total. The largest absolute Gasteiger partial charge is 0.463 e. The minimum absolute atomic E-state index is 0. The van der Waals surface area contributed by atoms with Crippen LogP contribution in [0.3, 0.4) is 0 Å². The molecule has 0 radical (unpaired) electrons. The zero-order chi connectivity index (χ0) is 19.7. The summed E-state index contributed by atoms with van der Waals surface area (Å²) in [5.74, 6) is 0.450. The standard InChI is InChI=1S/C11H20O2.C11H14O2.H2/c2*1-8(2)13-11(12)10-7-5-4-6-9(10)3;/h8-10H,4-7H2,1-3H3;4-8H,1-3H3;1H. The molecule has 0 amide bonds. The fourth-order valence-corrected chi connectivity index (χ4v) is 3.07. The molecule has 26 heavy (non-hydrogen) atoms. The summed E-state index contributed by atoms with van der Waals surface area (Å²) in [6.45, 7) is 11.6. The molecule has 1 aliphatic carbocycles. The van der Waals surface area contributed by atoms with Gasteiger partial charge in [0.15, 0.2) is 0 Å². The quantitative estimate of drug-likeness (QED) is 0.655. The van der Waals surface area contributed by atoms with Crippen molar-refractivity contribution in [2.45, 2.75) is 79.4 Å². The van der Waals surface area contributed by atoms with Gasteiger partial charge in [-0.25, -0.2) is 4.79 Å². The number of hydrogen-bond donors (Lipinski definition) is 0. The molecule has 2 atom stereocenters. The van der Waals surface area contributed by atoms with Crippen LogP contribution in [0.15, 0.2) is 24.3 Å². The van der Waals surface area contributed by atoms with Gasteiger partial charge in [-0.2, -0.15) is 0 Å². The molecule has 2 unspecified atom stereocenters. The number of benzene rings is 1. The van der Waals surface area contributed by atoms with Crippen molar-refractivity contribution in [1.82, 2.24) is 0 Å². The van der Waals surface area contributed by atoms with Gasteiger partial charge in [0, 0.05) is 1.43 Å². The Morgan fingerprint density at radius 2 is 1.58 bits per heavy atom. The highest BCUT2D eigenvalue weighted by Crippen LogP contribution is 2.30. The van der Waals surface area contributed by atoms with E-state index in [1.54, 1.807) is 6.07 Å². The van der Waals surface area contributed by atoms with Crippen molar-refractivity contribution < 1.29 is 20.5 Å². The van der Waals surface area contributed by atoms with E-state index in [-0.39, 0.29) is 31.5 Å². The molecule has 2 rings (SSSR count). The lowest BCUT2D eigenvalue weighted by Gasteiger charge is -2.27. The highest BCUT2D eigenvalue weighted by atomic mass is 16.5. The van der Waals surface area contributed by atoms with E-state index in [0.29, 0.717) is 11.5 Å². The second-order valence-electron chi connectivity index (χ2n) is 7.62. The van der Waals surface area contributed by atoms with E-state index < -0.39 is 0 Å². The van der Waals surface area contributed by atoms with E-state index in [1.165, 1.54) is 19.3 Å². The first-order chi connectivity index (χ1) is 12.2. The Hall–Kier alpha value is -1.84. The summed E-state index contributed by atoms with van der Waals surface area (Å²) in [5, 5.41) is 0. The number of esters is 2. The molecule has 0 heterocycles. The highest BCUT2D eigenvalue weighted by Gasteiger charge is 2.29. The molecule has 1 aromatic rings. The SMILES string of the molecule is CC(C)OC(=O)C1CCCCC1C.Cc1ccccc1C(=O)OC(C)C.[HH]. The number of aryl methyl sites for hydroxylation is 1. The van der Waals surface area contributed by atoms with Crippen LogP contribution < -0.4 is 0 Å². The first-order valence-corrected chi connectivity index (χ1v) is 9.69. The van der Waals surface area contributed by atoms with Gasteiger partial charge in [0.2, 0.25) is 0 Å². The summed E-state index contributed by atoms with van der Waals surface area (Å²) >= 11 is 0. The molecule has 0 saturated heterocycles. The maximum atomic E-state index is 11.6. The number of carbonyl (C=O) groups excluding carboxylic acids is 2. The minimum Gasteiger partial charge on any atom is -0.463 e. The van der Waals surface area contributed by atoms with Crippen molar-refractivity contribution in [1.29, 1.82) is 0 Å². The van der Waals surface area contributed by atoms with E-state index >= 15 is 0 Å². The van der Waals surface area contributed by atoms with Crippen LogP contribution in [0.2, 0.25) is 0 Å². The fraction of sp³-hybridized carbons (Fsp3) is 0.636. The van der Waals surface area contributed by atoms with Crippen LogP contribution in [0, 0.1) is 18.8 Å². The topological polar surface area (TPSA) is 52.6 Å². The van der Waals surface area contributed by atoms with Gasteiger partial charge < -0.3 is 9.47 Å². The van der Waals surface area contributed by atoms with Crippen molar-refractivity contribution in [3.63, 3.8) is 0 Å². The predicted molar refractivity (Wildman–Crippen MR) is 106 cm³/mol. The van der Waals surface area contributed by atoms with E-state index in [1.807, 2.05) is 52.8 Å². The first kappa shape index (κ1) is 22.2. The van der Waals surface area contributed by atoms with Gasteiger partial charge in [-0.15, -0.1) is 0 Å². The molecule has 4 heteroatoms. The molecule has 0 aromatic heterocycles. The third kappa shape index (κ3) is 7.59. The van der Waals surface area contributed by atoms with E-state index in [9.17, 15) is 9.59 Å². The van der Waals surface area contributed by atoms with Gasteiger partial charge in [0.1, 0.15) is 0 Å². The van der Waals surface area contributed by atoms with Gasteiger partial charge in [0.05, 0.1) is 23.7 Å². The summed E-state index contributed by atoms with van der Waals surface area (Å²) in [4.78, 5) is 23.1. The highest BCUT2D eigenvalue weighted by molar-refractivity contribution is 5.91. The van der Waals surface area contributed by atoms with Crippen LogP contribution in [0.1, 0.15) is 77.7 Å². The van der Waals surface area contributed by atoms with E-state index in [2.05, 4.69) is 6.92 Å². The van der Waals surface area contributed by atoms with Crippen molar-refractivity contribution in [3.8, 4) is 0 Å². The molecule has 148 valence electrons. The Labute approximate surface area is 159 Å². The van der Waals surface area contributed by atoms with Crippen LogP contribution in [0.5, 0.6) is 0 Å². The van der Waals surface area contributed by atoms with Gasteiger partial charge in [-0.3, -0.25) is 4.79 Å². The van der Waals surface area contributed by atoms with Crippen LogP contribution in [-0.2, 0) is 14.3 Å². The second-order valence-corrected chi connectivity index (χ2v) is 7.62. The lowest BCUT2D eigenvalue weighted by molar-refractivity contribution is -0.155. The summed E-state index contributed by atoms with van der Waals surface area (Å²) in [7, 11) is 0. The van der Waals surface area contributed by atoms with Gasteiger partial charge in [-0.1, -0.05) is 38.0 Å². The monoisotopic (exact) mass is 364 g/mol. The van der Waals surface area contributed by atoms with Crippen molar-refractivity contribution in [2.75, 3.05) is 0 Å². The molecular formula is C22H36O4. The van der Waals surface area contributed by atoms with Crippen molar-refractivity contribution in [3.05, 3.63) is 35.4 Å². The molecule has 1 aromatic carbocycles. The number of ether oxygens (including phenoxy) is 2. The first-order valence-electron chi connectivity index (χ1n) is 9.69. The Balaban J connectivity index is 0.000000483. The Morgan fingerprint density at radius 1 is 1.00 bits per heavy atom. The van der Waals surface area contributed by atoms with Crippen LogP contribution in [-0.4, -0.2) is 24.1 Å². The molecule has 1 saturated carbocycles. The minimum atomic E-state index is -0.242. The fourth-order valence-electron chi connectivity index (χ4n) is 3.07. The Kier molecular flexibility index (Phi) is 9.39. The predicted octanol–water partition coefficient (Wildman–Crippen LogP) is 5.57. The smallest absolute Gasteiger partial charge is 0.338 e. The van der Waals surface area contributed by atoms with E-state index in [4.69, 9.17) is 9.47 Å². The molecule has 0 N–H and O–H groups in total. The summed E-state index contributed by atoms with van der Waals surface area (Å²) in [6.07, 6.45) is 4.62. The molecule has 1 fully saturated rings. The third-order valence-electron chi connectivity index (χ3n) is 4.47. The Bertz CT molecular complexity index is 583. The zero-order valence-corrected chi connectivity index (χ0v) is 17.1. The summed E-state index contributed by atoms with van der Waals surface area (Å²) < 4.78 is 10.3. The number of hydrogen-bond acceptors (Lipinski definition) is 4. The maximum Gasteiger partial charge on any atom is 0.338 e. The normalized spacial score (nSPS) is 19.5. The average Bonchev–Trinajstić information content (AvgIpc) is 2.55. The molecule has 0 spiro atoms. The van der Waals surface area contributed by atoms with Crippen LogP contribution >= 0.6 is 0 Å². The van der Waals surface area contributed by atoms with Gasteiger partial charge >= 0.3 is 11.9 Å². The maximum absolute atomic E-state index is 11.6. The Morgan fingerprint density at radius 3 is 2.12 bits per heavy atom. The average molecular weight is 365 g/mol. The number of rotatable bonds is 4. The summed E-state index contributed by atoms with van der Waals surface area (Å²) in [5.41, 5.74) is 1.60.